The highest BCUT2D eigenvalue weighted by Crippen LogP contribution is 2.37. The Morgan fingerprint density at radius 2 is 1.70 bits per heavy atom. The van der Waals surface area contributed by atoms with Gasteiger partial charge < -0.3 is 4.43 Å². The Balaban J connectivity index is 2.32. The van der Waals surface area contributed by atoms with E-state index < -0.39 is 8.32 Å². The molecule has 23 heavy (non-hydrogen) atoms. The number of nitrogens with zero attached hydrogens (tertiary/aromatic N) is 2. The molecule has 0 unspecified atom stereocenters. The third-order valence-corrected chi connectivity index (χ3v) is 8.96. The Morgan fingerprint density at radius 1 is 1.09 bits per heavy atom. The third-order valence-electron chi connectivity index (χ3n) is 4.60. The number of aryl methyl sites for hydroxylation is 1. The van der Waals surface area contributed by atoms with E-state index in [1.165, 1.54) is 0 Å². The maximum absolute atomic E-state index is 9.35. The lowest BCUT2D eigenvalue weighted by Crippen LogP contribution is -2.43. The summed E-state index contributed by atoms with van der Waals surface area (Å²) in [5, 5.41) is 9.52. The molecule has 2 aromatic rings. The Kier molecular flexibility index (Phi) is 4.62. The minimum atomic E-state index is -1.83. The van der Waals surface area contributed by atoms with Crippen LogP contribution >= 0.6 is 0 Å². The average molecular weight is 324 g/mol. The highest BCUT2D eigenvalue weighted by Gasteiger charge is 2.38. The summed E-state index contributed by atoms with van der Waals surface area (Å²) >= 11 is 0. The van der Waals surface area contributed by atoms with E-state index >= 15 is 0 Å². The topological polar surface area (TPSA) is 45.9 Å². The van der Waals surface area contributed by atoms with Gasteiger partial charge in [-0.05, 0) is 48.8 Å². The summed E-state index contributed by atoms with van der Waals surface area (Å²) in [5.74, 6) is 0.893. The minimum absolute atomic E-state index is 0.169. The van der Waals surface area contributed by atoms with Crippen molar-refractivity contribution in [3.63, 3.8) is 0 Å². The van der Waals surface area contributed by atoms with Crippen LogP contribution in [-0.2, 0) is 0 Å². The van der Waals surface area contributed by atoms with Crippen LogP contribution in [0, 0.1) is 18.3 Å². The van der Waals surface area contributed by atoms with Crippen molar-refractivity contribution in [1.82, 2.24) is 4.98 Å². The molecule has 1 heterocycles. The van der Waals surface area contributed by atoms with Crippen molar-refractivity contribution < 1.29 is 4.43 Å². The van der Waals surface area contributed by atoms with Gasteiger partial charge in [-0.1, -0.05) is 32.9 Å². The maximum Gasteiger partial charge on any atom is 0.250 e. The summed E-state index contributed by atoms with van der Waals surface area (Å²) < 4.78 is 6.30. The van der Waals surface area contributed by atoms with Crippen LogP contribution in [0.25, 0.3) is 11.1 Å². The first kappa shape index (κ1) is 17.2. The van der Waals surface area contributed by atoms with Crippen molar-refractivity contribution in [2.45, 2.75) is 45.8 Å². The molecule has 0 amide bonds. The second-order valence-electron chi connectivity index (χ2n) is 7.32. The fraction of sp³-hybridized carbons (Fsp3) is 0.368. The molecular weight excluding hydrogens is 300 g/mol. The van der Waals surface area contributed by atoms with Gasteiger partial charge in [0.15, 0.2) is 0 Å². The number of benzene rings is 1. The summed E-state index contributed by atoms with van der Waals surface area (Å²) in [6, 6.07) is 12.1. The Hall–Kier alpha value is -2.12. The lowest BCUT2D eigenvalue weighted by Gasteiger charge is -2.36. The highest BCUT2D eigenvalue weighted by molar-refractivity contribution is 6.74. The third kappa shape index (κ3) is 3.62. The molecule has 0 bridgehead atoms. The molecule has 0 aliphatic carbocycles. The zero-order valence-electron chi connectivity index (χ0n) is 14.8. The van der Waals surface area contributed by atoms with E-state index in [9.17, 15) is 5.26 Å². The molecular formula is C19H24N2OSi. The first-order valence-electron chi connectivity index (χ1n) is 7.81. The second-order valence-corrected chi connectivity index (χ2v) is 12.0. The lowest BCUT2D eigenvalue weighted by molar-refractivity contribution is 0.492. The van der Waals surface area contributed by atoms with Crippen LogP contribution in [0.5, 0.6) is 5.75 Å². The predicted molar refractivity (Wildman–Crippen MR) is 97.0 cm³/mol. The van der Waals surface area contributed by atoms with Gasteiger partial charge in [-0.3, -0.25) is 4.98 Å². The first-order valence-corrected chi connectivity index (χ1v) is 10.7. The number of hydrogen-bond acceptors (Lipinski definition) is 3. The van der Waals surface area contributed by atoms with Crippen LogP contribution in [-0.4, -0.2) is 13.3 Å². The van der Waals surface area contributed by atoms with Crippen LogP contribution in [0.1, 0.15) is 32.0 Å². The predicted octanol–water partition coefficient (Wildman–Crippen LogP) is 5.31. The summed E-state index contributed by atoms with van der Waals surface area (Å²) in [5.41, 5.74) is 3.31. The molecule has 0 radical (unpaired) electrons. The SMILES string of the molecule is Cc1nccc(-c2ccc(O[Si](C)(C)C(C)(C)C)cc2)c1C#N. The molecule has 3 nitrogen and oxygen atoms in total. The van der Waals surface area contributed by atoms with Gasteiger partial charge in [0.05, 0.1) is 11.3 Å². The molecule has 0 saturated carbocycles. The summed E-state index contributed by atoms with van der Waals surface area (Å²) in [7, 11) is -1.83. The molecule has 120 valence electrons. The van der Waals surface area contributed by atoms with E-state index in [0.717, 1.165) is 22.6 Å². The Labute approximate surface area is 140 Å². The first-order chi connectivity index (χ1) is 10.7. The van der Waals surface area contributed by atoms with Crippen LogP contribution in [0.4, 0.5) is 0 Å². The quantitative estimate of drug-likeness (QED) is 0.718. The number of pyridine rings is 1. The monoisotopic (exact) mass is 324 g/mol. The van der Waals surface area contributed by atoms with Gasteiger partial charge in [0, 0.05) is 11.8 Å². The molecule has 0 aliphatic heterocycles. The van der Waals surface area contributed by atoms with Crippen LogP contribution in [0.2, 0.25) is 18.1 Å². The summed E-state index contributed by atoms with van der Waals surface area (Å²) in [6.45, 7) is 13.0. The summed E-state index contributed by atoms with van der Waals surface area (Å²) in [6.07, 6.45) is 1.74. The van der Waals surface area contributed by atoms with Gasteiger partial charge in [-0.25, -0.2) is 0 Å². The molecule has 1 aromatic heterocycles. The van der Waals surface area contributed by atoms with E-state index in [4.69, 9.17) is 4.43 Å². The highest BCUT2D eigenvalue weighted by atomic mass is 28.4. The molecule has 1 aromatic carbocycles. The molecule has 0 saturated heterocycles. The normalized spacial score (nSPS) is 11.9. The van der Waals surface area contributed by atoms with Gasteiger partial charge in [0.2, 0.25) is 8.32 Å². The second kappa shape index (κ2) is 6.17. The fourth-order valence-electron chi connectivity index (χ4n) is 2.10. The molecule has 0 aliphatic rings. The molecule has 0 atom stereocenters. The van der Waals surface area contributed by atoms with Crippen molar-refractivity contribution >= 4 is 8.32 Å². The maximum atomic E-state index is 9.35. The van der Waals surface area contributed by atoms with Gasteiger partial charge in [-0.2, -0.15) is 5.26 Å². The number of hydrogen-bond donors (Lipinski definition) is 0. The van der Waals surface area contributed by atoms with Crippen LogP contribution in [0.3, 0.4) is 0 Å². The Bertz CT molecular complexity index is 737. The van der Waals surface area contributed by atoms with Crippen molar-refractivity contribution in [2.75, 3.05) is 0 Å². The van der Waals surface area contributed by atoms with Crippen molar-refractivity contribution in [3.05, 3.63) is 47.8 Å². The largest absolute Gasteiger partial charge is 0.544 e. The van der Waals surface area contributed by atoms with E-state index in [0.29, 0.717) is 5.56 Å². The number of rotatable bonds is 3. The fourth-order valence-corrected chi connectivity index (χ4v) is 3.13. The van der Waals surface area contributed by atoms with E-state index in [-0.39, 0.29) is 5.04 Å². The smallest absolute Gasteiger partial charge is 0.250 e. The minimum Gasteiger partial charge on any atom is -0.544 e. The van der Waals surface area contributed by atoms with E-state index in [2.05, 4.69) is 44.9 Å². The summed E-state index contributed by atoms with van der Waals surface area (Å²) in [4.78, 5) is 4.19. The molecule has 0 fully saturated rings. The number of nitriles is 1. The van der Waals surface area contributed by atoms with Gasteiger partial charge in [0.1, 0.15) is 11.8 Å². The van der Waals surface area contributed by atoms with Crippen molar-refractivity contribution in [2.24, 2.45) is 0 Å². The van der Waals surface area contributed by atoms with Crippen LogP contribution < -0.4 is 4.43 Å². The van der Waals surface area contributed by atoms with Gasteiger partial charge >= 0.3 is 0 Å². The van der Waals surface area contributed by atoms with Gasteiger partial charge in [0.25, 0.3) is 0 Å². The molecule has 0 N–H and O–H groups in total. The zero-order chi connectivity index (χ0) is 17.3. The average Bonchev–Trinajstić information content (AvgIpc) is 2.46. The van der Waals surface area contributed by atoms with Crippen LogP contribution in [0.15, 0.2) is 36.5 Å². The molecule has 4 heteroatoms. The van der Waals surface area contributed by atoms with E-state index in [1.807, 2.05) is 37.3 Å². The molecule has 2 rings (SSSR count). The van der Waals surface area contributed by atoms with Gasteiger partial charge in [-0.15, -0.1) is 0 Å². The number of aromatic nitrogens is 1. The zero-order valence-corrected chi connectivity index (χ0v) is 15.8. The van der Waals surface area contributed by atoms with Crippen molar-refractivity contribution in [3.8, 4) is 22.9 Å². The van der Waals surface area contributed by atoms with E-state index in [1.54, 1.807) is 6.20 Å². The standard InChI is InChI=1S/C19H24N2OSi/c1-14-18(13-20)17(11-12-21-14)15-7-9-16(10-8-15)22-23(5,6)19(2,3)4/h7-12H,1-6H3. The Morgan fingerprint density at radius 3 is 2.22 bits per heavy atom. The van der Waals surface area contributed by atoms with Crippen molar-refractivity contribution in [1.29, 1.82) is 5.26 Å². The molecule has 0 spiro atoms. The lowest BCUT2D eigenvalue weighted by atomic mass is 10.0.